The zero-order valence-electron chi connectivity index (χ0n) is 14.0. The van der Waals surface area contributed by atoms with Gasteiger partial charge in [-0.3, -0.25) is 0 Å². The van der Waals surface area contributed by atoms with Gasteiger partial charge in [0.2, 0.25) is 10.0 Å². The van der Waals surface area contributed by atoms with Crippen molar-refractivity contribution in [2.75, 3.05) is 13.6 Å². The molecule has 1 unspecified atom stereocenters. The molecule has 0 aliphatic carbocycles. The van der Waals surface area contributed by atoms with Crippen LogP contribution in [0.25, 0.3) is 0 Å². The molecule has 1 atom stereocenters. The number of aliphatic hydroxyl groups is 1. The van der Waals surface area contributed by atoms with E-state index >= 15 is 0 Å². The van der Waals surface area contributed by atoms with E-state index in [1.807, 2.05) is 37.3 Å². The third-order valence-electron chi connectivity index (χ3n) is 4.01. The summed E-state index contributed by atoms with van der Waals surface area (Å²) in [5, 5.41) is 12.4. The van der Waals surface area contributed by atoms with Crippen LogP contribution < -0.4 is 10.0 Å². The van der Waals surface area contributed by atoms with Crippen molar-refractivity contribution >= 4 is 10.0 Å². The zero-order valence-corrected chi connectivity index (χ0v) is 14.8. The number of hydrogen-bond acceptors (Lipinski definition) is 4. The van der Waals surface area contributed by atoms with Crippen molar-refractivity contribution in [1.82, 2.24) is 10.0 Å². The summed E-state index contributed by atoms with van der Waals surface area (Å²) in [5.41, 5.74) is 3.03. The van der Waals surface area contributed by atoms with E-state index in [0.29, 0.717) is 0 Å². The Kier molecular flexibility index (Phi) is 6.51. The highest BCUT2D eigenvalue weighted by molar-refractivity contribution is 7.89. The Morgan fingerprint density at radius 2 is 1.75 bits per heavy atom. The number of hydrogen-bond donors (Lipinski definition) is 3. The van der Waals surface area contributed by atoms with Crippen LogP contribution in [-0.2, 0) is 23.1 Å². The summed E-state index contributed by atoms with van der Waals surface area (Å²) in [5.74, 6) is 0. The molecular weight excluding hydrogens is 324 g/mol. The van der Waals surface area contributed by atoms with Gasteiger partial charge in [0.25, 0.3) is 0 Å². The first kappa shape index (κ1) is 18.6. The first-order valence-corrected chi connectivity index (χ1v) is 9.40. The molecule has 130 valence electrons. The predicted molar refractivity (Wildman–Crippen MR) is 95.2 cm³/mol. The maximum atomic E-state index is 11.9. The molecule has 0 spiro atoms. The Balaban J connectivity index is 1.94. The topological polar surface area (TPSA) is 78.4 Å². The molecule has 0 radical (unpaired) electrons. The molecule has 2 aromatic rings. The van der Waals surface area contributed by atoms with Crippen molar-refractivity contribution < 1.29 is 13.5 Å². The highest BCUT2D eigenvalue weighted by atomic mass is 32.2. The van der Waals surface area contributed by atoms with E-state index in [4.69, 9.17) is 5.11 Å². The second-order valence-corrected chi connectivity index (χ2v) is 7.57. The molecule has 0 aliphatic heterocycles. The van der Waals surface area contributed by atoms with Crippen molar-refractivity contribution in [2.45, 2.75) is 30.9 Å². The van der Waals surface area contributed by atoms with Gasteiger partial charge < -0.3 is 10.4 Å². The maximum Gasteiger partial charge on any atom is 0.240 e. The Morgan fingerprint density at radius 3 is 2.38 bits per heavy atom. The number of aliphatic hydroxyl groups excluding tert-OH is 1. The summed E-state index contributed by atoms with van der Waals surface area (Å²) < 4.78 is 26.1. The summed E-state index contributed by atoms with van der Waals surface area (Å²) >= 11 is 0. The average Bonchev–Trinajstić information content (AvgIpc) is 2.62. The minimum absolute atomic E-state index is 0.0497. The van der Waals surface area contributed by atoms with E-state index in [0.717, 1.165) is 24.1 Å². The van der Waals surface area contributed by atoms with Crippen LogP contribution in [0.5, 0.6) is 0 Å². The molecule has 0 aliphatic rings. The number of rotatable bonds is 8. The molecule has 2 aromatic carbocycles. The Morgan fingerprint density at radius 1 is 1.08 bits per heavy atom. The standard InChI is InChI=1S/C18H24N2O3S/c1-14(17-4-3-5-18(12-17)24(22,23)19-2)20-11-10-15-6-8-16(13-21)9-7-15/h3-9,12,14,19-21H,10-11,13H2,1-2H3. The van der Waals surface area contributed by atoms with E-state index in [2.05, 4.69) is 10.0 Å². The summed E-state index contributed by atoms with van der Waals surface area (Å²) in [4.78, 5) is 0.274. The highest BCUT2D eigenvalue weighted by Crippen LogP contribution is 2.17. The van der Waals surface area contributed by atoms with Gasteiger partial charge in [0, 0.05) is 6.04 Å². The molecule has 0 fully saturated rings. The van der Waals surface area contributed by atoms with Gasteiger partial charge >= 0.3 is 0 Å². The van der Waals surface area contributed by atoms with Crippen LogP contribution in [0.15, 0.2) is 53.4 Å². The van der Waals surface area contributed by atoms with Crippen molar-refractivity contribution in [1.29, 1.82) is 0 Å². The molecule has 2 rings (SSSR count). The number of benzene rings is 2. The lowest BCUT2D eigenvalue weighted by Crippen LogP contribution is -2.22. The van der Waals surface area contributed by atoms with Crippen LogP contribution in [0.4, 0.5) is 0 Å². The Labute approximate surface area is 143 Å². The molecule has 6 heteroatoms. The van der Waals surface area contributed by atoms with E-state index < -0.39 is 10.0 Å². The first-order valence-electron chi connectivity index (χ1n) is 7.92. The molecule has 0 aromatic heterocycles. The Hall–Kier alpha value is -1.73. The van der Waals surface area contributed by atoms with Crippen molar-refractivity contribution in [3.05, 3.63) is 65.2 Å². The van der Waals surface area contributed by atoms with Crippen LogP contribution in [-0.4, -0.2) is 27.1 Å². The maximum absolute atomic E-state index is 11.9. The summed E-state index contributed by atoms with van der Waals surface area (Å²) in [7, 11) is -2.01. The lowest BCUT2D eigenvalue weighted by Gasteiger charge is -2.15. The summed E-state index contributed by atoms with van der Waals surface area (Å²) in [6.07, 6.45) is 0.866. The zero-order chi connectivity index (χ0) is 17.6. The number of nitrogens with one attached hydrogen (secondary N) is 2. The van der Waals surface area contributed by atoms with Crippen LogP contribution >= 0.6 is 0 Å². The smallest absolute Gasteiger partial charge is 0.240 e. The third-order valence-corrected chi connectivity index (χ3v) is 5.42. The molecule has 0 bridgehead atoms. The first-order chi connectivity index (χ1) is 11.5. The average molecular weight is 348 g/mol. The summed E-state index contributed by atoms with van der Waals surface area (Å²) in [6.45, 7) is 2.85. The van der Waals surface area contributed by atoms with Crippen LogP contribution in [0, 0.1) is 0 Å². The molecule has 0 saturated heterocycles. The molecular formula is C18H24N2O3S. The third kappa shape index (κ3) is 4.88. The van der Waals surface area contributed by atoms with E-state index in [-0.39, 0.29) is 17.5 Å². The molecule has 5 nitrogen and oxygen atoms in total. The van der Waals surface area contributed by atoms with Gasteiger partial charge in [-0.1, -0.05) is 36.4 Å². The molecule has 3 N–H and O–H groups in total. The molecule has 0 heterocycles. The minimum atomic E-state index is -3.42. The van der Waals surface area contributed by atoms with Gasteiger partial charge in [0.1, 0.15) is 0 Å². The SMILES string of the molecule is CNS(=O)(=O)c1cccc(C(C)NCCc2ccc(CO)cc2)c1. The fraction of sp³-hybridized carbons (Fsp3) is 0.333. The lowest BCUT2D eigenvalue weighted by atomic mass is 10.1. The van der Waals surface area contributed by atoms with Crippen LogP contribution in [0.3, 0.4) is 0 Å². The van der Waals surface area contributed by atoms with Gasteiger partial charge in [-0.05, 0) is 55.8 Å². The fourth-order valence-electron chi connectivity index (χ4n) is 2.43. The Bertz CT molecular complexity index is 758. The van der Waals surface area contributed by atoms with Gasteiger partial charge in [0.15, 0.2) is 0 Å². The van der Waals surface area contributed by atoms with Crippen LogP contribution in [0.1, 0.15) is 29.7 Å². The molecule has 24 heavy (non-hydrogen) atoms. The van der Waals surface area contributed by atoms with E-state index in [1.165, 1.54) is 12.6 Å². The minimum Gasteiger partial charge on any atom is -0.392 e. The lowest BCUT2D eigenvalue weighted by molar-refractivity contribution is 0.282. The van der Waals surface area contributed by atoms with Gasteiger partial charge in [-0.2, -0.15) is 0 Å². The van der Waals surface area contributed by atoms with Gasteiger partial charge in [0.05, 0.1) is 11.5 Å². The van der Waals surface area contributed by atoms with Crippen molar-refractivity contribution in [2.24, 2.45) is 0 Å². The monoisotopic (exact) mass is 348 g/mol. The second-order valence-electron chi connectivity index (χ2n) is 5.68. The predicted octanol–water partition coefficient (Wildman–Crippen LogP) is 1.98. The quantitative estimate of drug-likeness (QED) is 0.682. The second kappa shape index (κ2) is 8.39. The summed E-state index contributed by atoms with van der Waals surface area (Å²) in [6, 6.07) is 14.9. The number of sulfonamides is 1. The fourth-order valence-corrected chi connectivity index (χ4v) is 3.22. The normalized spacial score (nSPS) is 13.0. The highest BCUT2D eigenvalue weighted by Gasteiger charge is 2.13. The van der Waals surface area contributed by atoms with Gasteiger partial charge in [-0.25, -0.2) is 13.1 Å². The largest absolute Gasteiger partial charge is 0.392 e. The van der Waals surface area contributed by atoms with Crippen molar-refractivity contribution in [3.63, 3.8) is 0 Å². The molecule has 0 amide bonds. The molecule has 0 saturated carbocycles. The van der Waals surface area contributed by atoms with Crippen LogP contribution in [0.2, 0.25) is 0 Å². The van der Waals surface area contributed by atoms with E-state index in [1.54, 1.807) is 18.2 Å². The van der Waals surface area contributed by atoms with Crippen molar-refractivity contribution in [3.8, 4) is 0 Å². The van der Waals surface area contributed by atoms with E-state index in [9.17, 15) is 8.42 Å². The van der Waals surface area contributed by atoms with Gasteiger partial charge in [-0.15, -0.1) is 0 Å².